The van der Waals surface area contributed by atoms with Gasteiger partial charge >= 0.3 is 6.03 Å². The summed E-state index contributed by atoms with van der Waals surface area (Å²) in [6, 6.07) is 24.3. The van der Waals surface area contributed by atoms with Crippen molar-refractivity contribution in [3.8, 4) is 0 Å². The lowest BCUT2D eigenvalue weighted by Gasteiger charge is -2.17. The van der Waals surface area contributed by atoms with Gasteiger partial charge in [-0.25, -0.2) is 14.8 Å². The number of aromatic nitrogens is 2. The second-order valence-electron chi connectivity index (χ2n) is 7.95. The fraction of sp³-hybridized carbons (Fsp3) is 0.160. The molecule has 6 rings (SSSR count). The molecule has 3 heterocycles. The Bertz CT molecular complexity index is 1430. The first-order valence-corrected chi connectivity index (χ1v) is 11.3. The minimum Gasteiger partial charge on any atom is -0.324 e. The molecule has 0 aliphatic carbocycles. The molecule has 31 heavy (non-hydrogen) atoms. The second kappa shape index (κ2) is 7.32. The molecule has 1 fully saturated rings. The van der Waals surface area contributed by atoms with E-state index >= 15 is 0 Å². The first-order chi connectivity index (χ1) is 15.2. The van der Waals surface area contributed by atoms with Gasteiger partial charge in [0.1, 0.15) is 10.3 Å². The van der Waals surface area contributed by atoms with Crippen LogP contribution in [0.3, 0.4) is 0 Å². The summed E-state index contributed by atoms with van der Waals surface area (Å²) < 4.78 is 1.12. The van der Waals surface area contributed by atoms with E-state index in [1.165, 1.54) is 5.56 Å². The van der Waals surface area contributed by atoms with Gasteiger partial charge in [0, 0.05) is 34.8 Å². The summed E-state index contributed by atoms with van der Waals surface area (Å²) in [5, 5.41) is 4.11. The Morgan fingerprint density at radius 1 is 0.968 bits per heavy atom. The second-order valence-corrected chi connectivity index (χ2v) is 8.98. The number of amides is 2. The number of para-hydroxylation sites is 2. The maximum Gasteiger partial charge on any atom is 0.321 e. The summed E-state index contributed by atoms with van der Waals surface area (Å²) in [5.74, 6) is 0.402. The molecule has 1 N–H and O–H groups in total. The zero-order chi connectivity index (χ0) is 20.8. The number of nitrogens with zero attached hydrogens (tertiary/aromatic N) is 3. The van der Waals surface area contributed by atoms with Crippen LogP contribution in [0.5, 0.6) is 0 Å². The summed E-state index contributed by atoms with van der Waals surface area (Å²) in [4.78, 5) is 25.3. The Kier molecular flexibility index (Phi) is 4.32. The van der Waals surface area contributed by atoms with Crippen molar-refractivity contribution < 1.29 is 4.79 Å². The SMILES string of the molecule is O=C(Nc1ccc2sc3nc4ccccc4nc3c2c1)N1CC[C@H](c2ccccc2)C1. The molecular weight excluding hydrogens is 404 g/mol. The van der Waals surface area contributed by atoms with E-state index in [2.05, 4.69) is 29.6 Å². The van der Waals surface area contributed by atoms with Gasteiger partial charge in [-0.2, -0.15) is 0 Å². The van der Waals surface area contributed by atoms with Crippen LogP contribution in [-0.4, -0.2) is 34.0 Å². The van der Waals surface area contributed by atoms with Crippen LogP contribution in [0.1, 0.15) is 17.9 Å². The number of hydrogen-bond donors (Lipinski definition) is 1. The van der Waals surface area contributed by atoms with Crippen molar-refractivity contribution in [3.63, 3.8) is 0 Å². The van der Waals surface area contributed by atoms with Crippen LogP contribution in [0.4, 0.5) is 10.5 Å². The highest BCUT2D eigenvalue weighted by Gasteiger charge is 2.27. The van der Waals surface area contributed by atoms with Crippen molar-refractivity contribution in [1.82, 2.24) is 14.9 Å². The topological polar surface area (TPSA) is 58.1 Å². The van der Waals surface area contributed by atoms with E-state index in [1.54, 1.807) is 11.3 Å². The molecule has 2 aromatic heterocycles. The summed E-state index contributed by atoms with van der Waals surface area (Å²) >= 11 is 1.63. The van der Waals surface area contributed by atoms with Gasteiger partial charge in [0.25, 0.3) is 0 Å². The van der Waals surface area contributed by atoms with Crippen molar-refractivity contribution in [2.75, 3.05) is 18.4 Å². The molecule has 6 heteroatoms. The van der Waals surface area contributed by atoms with Gasteiger partial charge in [0.15, 0.2) is 0 Å². The van der Waals surface area contributed by atoms with Gasteiger partial charge in [0.2, 0.25) is 0 Å². The molecule has 5 nitrogen and oxygen atoms in total. The number of fused-ring (bicyclic) bond motifs is 4. The highest BCUT2D eigenvalue weighted by atomic mass is 32.1. The standard InChI is InChI=1S/C25H20N4OS/c30-25(29-13-12-17(15-29)16-6-2-1-3-7-16)26-18-10-11-22-19(14-18)23-24(31-22)28-21-9-5-4-8-20(21)27-23/h1-11,14,17H,12-13,15H2,(H,26,30)/t17-/m0/s1. The summed E-state index contributed by atoms with van der Waals surface area (Å²) in [6.07, 6.45) is 0.994. The van der Waals surface area contributed by atoms with Gasteiger partial charge in [-0.1, -0.05) is 42.5 Å². The lowest BCUT2D eigenvalue weighted by atomic mass is 9.99. The quantitative estimate of drug-likeness (QED) is 0.377. The molecule has 0 spiro atoms. The number of urea groups is 1. The Morgan fingerprint density at radius 2 is 1.74 bits per heavy atom. The smallest absolute Gasteiger partial charge is 0.321 e. The summed E-state index contributed by atoms with van der Waals surface area (Å²) in [5.41, 5.74) is 4.76. The first kappa shape index (κ1) is 18.3. The van der Waals surface area contributed by atoms with E-state index in [0.29, 0.717) is 5.92 Å². The lowest BCUT2D eigenvalue weighted by molar-refractivity contribution is 0.222. The van der Waals surface area contributed by atoms with Gasteiger partial charge in [-0.05, 0) is 42.3 Å². The molecule has 0 bridgehead atoms. The molecule has 152 valence electrons. The zero-order valence-corrected chi connectivity index (χ0v) is 17.6. The molecule has 1 atom stereocenters. The molecular formula is C25H20N4OS. The minimum absolute atomic E-state index is 0.0474. The molecule has 3 aromatic carbocycles. The third-order valence-electron chi connectivity index (χ3n) is 5.98. The van der Waals surface area contributed by atoms with Crippen molar-refractivity contribution in [2.45, 2.75) is 12.3 Å². The third-order valence-corrected chi connectivity index (χ3v) is 7.03. The van der Waals surface area contributed by atoms with E-state index in [4.69, 9.17) is 9.97 Å². The molecule has 5 aromatic rings. The molecule has 1 saturated heterocycles. The minimum atomic E-state index is -0.0474. The highest BCUT2D eigenvalue weighted by Crippen LogP contribution is 2.34. The monoisotopic (exact) mass is 424 g/mol. The molecule has 0 radical (unpaired) electrons. The number of nitrogens with one attached hydrogen (secondary N) is 1. The predicted octanol–water partition coefficient (Wildman–Crippen LogP) is 6.02. The highest BCUT2D eigenvalue weighted by molar-refractivity contribution is 7.25. The maximum absolute atomic E-state index is 12.9. The fourth-order valence-corrected chi connectivity index (χ4v) is 5.37. The first-order valence-electron chi connectivity index (χ1n) is 10.4. The van der Waals surface area contributed by atoms with E-state index in [-0.39, 0.29) is 6.03 Å². The average molecular weight is 425 g/mol. The molecule has 0 unspecified atom stereocenters. The van der Waals surface area contributed by atoms with Gasteiger partial charge in [-0.15, -0.1) is 11.3 Å². The predicted molar refractivity (Wildman–Crippen MR) is 127 cm³/mol. The van der Waals surface area contributed by atoms with E-state index in [0.717, 1.165) is 56.7 Å². The van der Waals surface area contributed by atoms with E-state index < -0.39 is 0 Å². The average Bonchev–Trinajstić information content (AvgIpc) is 3.43. The lowest BCUT2D eigenvalue weighted by Crippen LogP contribution is -2.32. The van der Waals surface area contributed by atoms with Crippen LogP contribution in [0.25, 0.3) is 31.5 Å². The third kappa shape index (κ3) is 3.29. The summed E-state index contributed by atoms with van der Waals surface area (Å²) in [7, 11) is 0. The van der Waals surface area contributed by atoms with Crippen LogP contribution in [-0.2, 0) is 0 Å². The number of rotatable bonds is 2. The number of carbonyl (C=O) groups excluding carboxylic acids is 1. The van der Waals surface area contributed by atoms with Crippen molar-refractivity contribution in [2.24, 2.45) is 0 Å². The van der Waals surface area contributed by atoms with E-state index in [9.17, 15) is 4.79 Å². The Hall–Kier alpha value is -3.51. The normalized spacial score (nSPS) is 16.4. The van der Waals surface area contributed by atoms with Gasteiger partial charge in [0.05, 0.1) is 11.0 Å². The molecule has 1 aliphatic rings. The molecule has 2 amide bonds. The summed E-state index contributed by atoms with van der Waals surface area (Å²) in [6.45, 7) is 1.52. The number of carbonyl (C=O) groups is 1. The Labute approximate surface area is 183 Å². The number of thiophene rings is 1. The maximum atomic E-state index is 12.9. The fourth-order valence-electron chi connectivity index (χ4n) is 4.36. The molecule has 1 aliphatic heterocycles. The Balaban J connectivity index is 1.27. The number of hydrogen-bond acceptors (Lipinski definition) is 4. The van der Waals surface area contributed by atoms with Crippen LogP contribution >= 0.6 is 11.3 Å². The van der Waals surface area contributed by atoms with Crippen molar-refractivity contribution in [3.05, 3.63) is 78.4 Å². The van der Waals surface area contributed by atoms with Crippen LogP contribution in [0, 0.1) is 0 Å². The molecule has 0 saturated carbocycles. The van der Waals surface area contributed by atoms with Crippen LogP contribution < -0.4 is 5.32 Å². The number of anilines is 1. The van der Waals surface area contributed by atoms with Crippen LogP contribution in [0.2, 0.25) is 0 Å². The van der Waals surface area contributed by atoms with Gasteiger partial charge < -0.3 is 10.2 Å². The largest absolute Gasteiger partial charge is 0.324 e. The van der Waals surface area contributed by atoms with Gasteiger partial charge in [-0.3, -0.25) is 0 Å². The zero-order valence-electron chi connectivity index (χ0n) is 16.8. The van der Waals surface area contributed by atoms with E-state index in [1.807, 2.05) is 53.4 Å². The van der Waals surface area contributed by atoms with Crippen molar-refractivity contribution >= 4 is 54.5 Å². The number of benzene rings is 3. The number of likely N-dealkylation sites (tertiary alicyclic amines) is 1. The Morgan fingerprint density at radius 3 is 2.58 bits per heavy atom. The van der Waals surface area contributed by atoms with Crippen molar-refractivity contribution in [1.29, 1.82) is 0 Å². The van der Waals surface area contributed by atoms with Crippen LogP contribution in [0.15, 0.2) is 72.8 Å².